The zero-order valence-corrected chi connectivity index (χ0v) is 15.5. The first-order chi connectivity index (χ1) is 12.0. The standard InChI is InChI=1S/C19H23N3O2S/c1-12(2)11-22-19-15(13(3)21-22)9-17(25-19)18(24)20-10-16(23)14-7-5-4-6-8-14/h4-9,12,16,23H,10-11H2,1-3H3,(H,20,24). The Labute approximate surface area is 151 Å². The Morgan fingerprint density at radius 1 is 1.32 bits per heavy atom. The minimum atomic E-state index is -0.710. The smallest absolute Gasteiger partial charge is 0.261 e. The molecule has 0 spiro atoms. The predicted molar refractivity (Wildman–Crippen MR) is 101 cm³/mol. The summed E-state index contributed by atoms with van der Waals surface area (Å²) in [5.41, 5.74) is 1.73. The number of aromatic nitrogens is 2. The van der Waals surface area contributed by atoms with Gasteiger partial charge in [0.25, 0.3) is 5.91 Å². The lowest BCUT2D eigenvalue weighted by atomic mass is 10.1. The highest BCUT2D eigenvalue weighted by Crippen LogP contribution is 2.29. The maximum Gasteiger partial charge on any atom is 0.261 e. The molecule has 0 saturated carbocycles. The van der Waals surface area contributed by atoms with Crippen molar-refractivity contribution in [2.24, 2.45) is 5.92 Å². The van der Waals surface area contributed by atoms with Crippen molar-refractivity contribution in [1.82, 2.24) is 15.1 Å². The maximum absolute atomic E-state index is 12.5. The number of aliphatic hydroxyl groups excluding tert-OH is 1. The van der Waals surface area contributed by atoms with Crippen LogP contribution in [0.1, 0.15) is 40.9 Å². The Kier molecular flexibility index (Phi) is 5.20. The van der Waals surface area contributed by atoms with Gasteiger partial charge in [0.05, 0.1) is 16.7 Å². The van der Waals surface area contributed by atoms with Crippen molar-refractivity contribution in [3.8, 4) is 0 Å². The molecular formula is C19H23N3O2S. The lowest BCUT2D eigenvalue weighted by molar-refractivity contribution is 0.0920. The molecule has 1 unspecified atom stereocenters. The number of carbonyl (C=O) groups is 1. The summed E-state index contributed by atoms with van der Waals surface area (Å²) >= 11 is 1.45. The monoisotopic (exact) mass is 357 g/mol. The van der Waals surface area contributed by atoms with Crippen molar-refractivity contribution >= 4 is 27.5 Å². The molecule has 1 amide bonds. The van der Waals surface area contributed by atoms with Crippen molar-refractivity contribution in [2.45, 2.75) is 33.4 Å². The van der Waals surface area contributed by atoms with E-state index < -0.39 is 6.10 Å². The molecule has 5 nitrogen and oxygen atoms in total. The first-order valence-corrected chi connectivity index (χ1v) is 9.25. The van der Waals surface area contributed by atoms with Gasteiger partial charge < -0.3 is 10.4 Å². The number of benzene rings is 1. The summed E-state index contributed by atoms with van der Waals surface area (Å²) < 4.78 is 1.98. The molecule has 0 aliphatic heterocycles. The third kappa shape index (κ3) is 3.91. The summed E-state index contributed by atoms with van der Waals surface area (Å²) in [6, 6.07) is 11.2. The minimum Gasteiger partial charge on any atom is -0.387 e. The average Bonchev–Trinajstić information content (AvgIpc) is 3.15. The van der Waals surface area contributed by atoms with Crippen LogP contribution in [0.25, 0.3) is 10.2 Å². The van der Waals surface area contributed by atoms with Crippen molar-refractivity contribution in [2.75, 3.05) is 6.54 Å². The van der Waals surface area contributed by atoms with Gasteiger partial charge in [0, 0.05) is 18.5 Å². The molecule has 0 aliphatic rings. The number of fused-ring (bicyclic) bond motifs is 1. The van der Waals surface area contributed by atoms with Gasteiger partial charge in [-0.1, -0.05) is 44.2 Å². The molecule has 0 aliphatic carbocycles. The number of nitrogens with zero attached hydrogens (tertiary/aromatic N) is 2. The van der Waals surface area contributed by atoms with Gasteiger partial charge in [-0.05, 0) is 24.5 Å². The largest absolute Gasteiger partial charge is 0.387 e. The van der Waals surface area contributed by atoms with Gasteiger partial charge in [0.2, 0.25) is 0 Å². The number of hydrogen-bond acceptors (Lipinski definition) is 4. The minimum absolute atomic E-state index is 0.160. The van der Waals surface area contributed by atoms with E-state index in [1.54, 1.807) is 0 Å². The summed E-state index contributed by atoms with van der Waals surface area (Å²) in [6.07, 6.45) is -0.710. The number of carbonyl (C=O) groups excluding carboxylic acids is 1. The number of amides is 1. The van der Waals surface area contributed by atoms with Crippen LogP contribution in [-0.4, -0.2) is 27.3 Å². The number of thiophene rings is 1. The van der Waals surface area contributed by atoms with E-state index in [9.17, 15) is 9.90 Å². The maximum atomic E-state index is 12.5. The van der Waals surface area contributed by atoms with E-state index in [1.807, 2.05) is 48.0 Å². The molecule has 2 heterocycles. The average molecular weight is 357 g/mol. The normalized spacial score (nSPS) is 12.7. The molecule has 0 radical (unpaired) electrons. The van der Waals surface area contributed by atoms with Gasteiger partial charge in [-0.2, -0.15) is 5.10 Å². The molecule has 25 heavy (non-hydrogen) atoms. The van der Waals surface area contributed by atoms with Gasteiger partial charge in [-0.3, -0.25) is 9.48 Å². The number of rotatable bonds is 6. The van der Waals surface area contributed by atoms with E-state index >= 15 is 0 Å². The highest BCUT2D eigenvalue weighted by Gasteiger charge is 2.17. The Morgan fingerprint density at radius 3 is 2.72 bits per heavy atom. The third-order valence-corrected chi connectivity index (χ3v) is 5.16. The Balaban J connectivity index is 1.72. The van der Waals surface area contributed by atoms with Crippen molar-refractivity contribution < 1.29 is 9.90 Å². The van der Waals surface area contributed by atoms with Crippen LogP contribution in [0.15, 0.2) is 36.4 Å². The Hall–Kier alpha value is -2.18. The van der Waals surface area contributed by atoms with Crippen molar-refractivity contribution in [3.05, 3.63) is 52.5 Å². The molecule has 0 saturated heterocycles. The van der Waals surface area contributed by atoms with Crippen molar-refractivity contribution in [1.29, 1.82) is 0 Å². The van der Waals surface area contributed by atoms with E-state index in [2.05, 4.69) is 24.3 Å². The lowest BCUT2D eigenvalue weighted by Crippen LogP contribution is -2.27. The fourth-order valence-electron chi connectivity index (χ4n) is 2.76. The zero-order chi connectivity index (χ0) is 18.0. The second-order valence-electron chi connectivity index (χ2n) is 6.63. The topological polar surface area (TPSA) is 67.2 Å². The van der Waals surface area contributed by atoms with E-state index in [4.69, 9.17) is 0 Å². The first kappa shape index (κ1) is 17.6. The van der Waals surface area contributed by atoms with E-state index in [0.29, 0.717) is 10.8 Å². The van der Waals surface area contributed by atoms with Crippen molar-refractivity contribution in [3.63, 3.8) is 0 Å². The van der Waals surface area contributed by atoms with Crippen LogP contribution < -0.4 is 5.32 Å². The van der Waals surface area contributed by atoms with Gasteiger partial charge in [-0.15, -0.1) is 11.3 Å². The molecule has 6 heteroatoms. The summed E-state index contributed by atoms with van der Waals surface area (Å²) in [6.45, 7) is 7.28. The highest BCUT2D eigenvalue weighted by molar-refractivity contribution is 7.20. The second-order valence-corrected chi connectivity index (χ2v) is 7.66. The molecule has 1 atom stereocenters. The van der Waals surface area contributed by atoms with Crippen LogP contribution in [0.2, 0.25) is 0 Å². The van der Waals surface area contributed by atoms with E-state index in [1.165, 1.54) is 11.3 Å². The van der Waals surface area contributed by atoms with Gasteiger partial charge in [-0.25, -0.2) is 0 Å². The number of hydrogen-bond donors (Lipinski definition) is 2. The van der Waals surface area contributed by atoms with Crippen LogP contribution >= 0.6 is 11.3 Å². The van der Waals surface area contributed by atoms with Gasteiger partial charge in [0.15, 0.2) is 0 Å². The fraction of sp³-hybridized carbons (Fsp3) is 0.368. The van der Waals surface area contributed by atoms with Crippen LogP contribution in [-0.2, 0) is 6.54 Å². The van der Waals surface area contributed by atoms with E-state index in [0.717, 1.165) is 28.0 Å². The van der Waals surface area contributed by atoms with Crippen LogP contribution in [0, 0.1) is 12.8 Å². The lowest BCUT2D eigenvalue weighted by Gasteiger charge is -2.11. The van der Waals surface area contributed by atoms with Gasteiger partial charge in [0.1, 0.15) is 4.83 Å². The zero-order valence-electron chi connectivity index (χ0n) is 14.7. The summed E-state index contributed by atoms with van der Waals surface area (Å²) in [5.74, 6) is 0.328. The van der Waals surface area contributed by atoms with Crippen LogP contribution in [0.4, 0.5) is 0 Å². The van der Waals surface area contributed by atoms with Crippen LogP contribution in [0.5, 0.6) is 0 Å². The third-order valence-electron chi connectivity index (χ3n) is 4.01. The molecule has 3 rings (SSSR count). The molecule has 2 N–H and O–H groups in total. The molecule has 0 fully saturated rings. The summed E-state index contributed by atoms with van der Waals surface area (Å²) in [7, 11) is 0. The molecule has 0 bridgehead atoms. The molecule has 3 aromatic rings. The molecule has 132 valence electrons. The summed E-state index contributed by atoms with van der Waals surface area (Å²) in [4.78, 5) is 14.1. The molecule has 2 aromatic heterocycles. The quantitative estimate of drug-likeness (QED) is 0.709. The SMILES string of the molecule is Cc1nn(CC(C)C)c2sc(C(=O)NCC(O)c3ccccc3)cc12. The first-order valence-electron chi connectivity index (χ1n) is 8.44. The fourth-order valence-corrected chi connectivity index (χ4v) is 3.85. The van der Waals surface area contributed by atoms with E-state index in [-0.39, 0.29) is 12.5 Å². The molecule has 1 aromatic carbocycles. The predicted octanol–water partition coefficient (Wildman–Crippen LogP) is 3.53. The van der Waals surface area contributed by atoms with Gasteiger partial charge >= 0.3 is 0 Å². The van der Waals surface area contributed by atoms with Crippen LogP contribution in [0.3, 0.4) is 0 Å². The number of aliphatic hydroxyl groups is 1. The second kappa shape index (κ2) is 7.37. The highest BCUT2D eigenvalue weighted by atomic mass is 32.1. The Morgan fingerprint density at radius 2 is 2.04 bits per heavy atom. The Bertz CT molecular complexity index is 868. The number of nitrogens with one attached hydrogen (secondary N) is 1. The summed E-state index contributed by atoms with van der Waals surface area (Å²) in [5, 5.41) is 18.6. The number of aryl methyl sites for hydroxylation is 1. The molecular weight excluding hydrogens is 334 g/mol.